The van der Waals surface area contributed by atoms with E-state index in [-0.39, 0.29) is 5.91 Å². The van der Waals surface area contributed by atoms with Gasteiger partial charge in [0.05, 0.1) is 18.4 Å². The number of methoxy groups -OCH3 is 1. The first-order valence-electron chi connectivity index (χ1n) is 6.94. The van der Waals surface area contributed by atoms with Gasteiger partial charge in [-0.15, -0.1) is 10.2 Å². The highest BCUT2D eigenvalue weighted by molar-refractivity contribution is 6.07. The molecule has 8 nitrogen and oxygen atoms in total. The summed E-state index contributed by atoms with van der Waals surface area (Å²) in [5, 5.41) is 14.8. The Hall–Kier alpha value is -3.16. The molecule has 23 heavy (non-hydrogen) atoms. The highest BCUT2D eigenvalue weighted by atomic mass is 16.5. The van der Waals surface area contributed by atoms with Gasteiger partial charge >= 0.3 is 0 Å². The van der Waals surface area contributed by atoms with Crippen molar-refractivity contribution in [1.82, 2.24) is 24.5 Å². The fourth-order valence-corrected chi connectivity index (χ4v) is 2.24. The minimum Gasteiger partial charge on any atom is -0.496 e. The summed E-state index contributed by atoms with van der Waals surface area (Å²) in [5.41, 5.74) is 1.87. The van der Waals surface area contributed by atoms with E-state index in [9.17, 15) is 4.79 Å². The number of aryl methyl sites for hydroxylation is 1. The fourth-order valence-electron chi connectivity index (χ4n) is 2.24. The number of para-hydroxylation sites is 1. The van der Waals surface area contributed by atoms with Gasteiger partial charge in [-0.2, -0.15) is 5.10 Å². The molecule has 1 amide bonds. The van der Waals surface area contributed by atoms with Crippen LogP contribution in [0.15, 0.2) is 36.9 Å². The van der Waals surface area contributed by atoms with Crippen LogP contribution in [0.1, 0.15) is 16.1 Å². The first kappa shape index (κ1) is 14.8. The summed E-state index contributed by atoms with van der Waals surface area (Å²) < 4.78 is 8.57. The third-order valence-electron chi connectivity index (χ3n) is 3.57. The Morgan fingerprint density at radius 2 is 1.91 bits per heavy atom. The zero-order valence-corrected chi connectivity index (χ0v) is 13.0. The molecule has 3 rings (SSSR count). The van der Waals surface area contributed by atoms with E-state index in [0.29, 0.717) is 22.8 Å². The molecule has 0 aliphatic heterocycles. The summed E-state index contributed by atoms with van der Waals surface area (Å²) >= 11 is 0. The van der Waals surface area contributed by atoms with Gasteiger partial charge in [0, 0.05) is 7.05 Å². The topological polar surface area (TPSA) is 86.9 Å². The number of hydrogen-bond donors (Lipinski definition) is 1. The van der Waals surface area contributed by atoms with Crippen molar-refractivity contribution in [2.75, 3.05) is 12.4 Å². The molecule has 1 aromatic carbocycles. The molecular formula is C15H16N6O2. The van der Waals surface area contributed by atoms with Crippen LogP contribution in [-0.4, -0.2) is 37.6 Å². The van der Waals surface area contributed by atoms with Crippen molar-refractivity contribution < 1.29 is 9.53 Å². The quantitative estimate of drug-likeness (QED) is 0.790. The number of aromatic nitrogens is 5. The molecule has 0 aliphatic rings. The number of carbonyl (C=O) groups is 1. The molecule has 0 aliphatic carbocycles. The molecule has 0 spiro atoms. The van der Waals surface area contributed by atoms with Crippen molar-refractivity contribution in [2.45, 2.75) is 6.92 Å². The van der Waals surface area contributed by atoms with Crippen molar-refractivity contribution in [3.05, 3.63) is 48.2 Å². The molecule has 8 heteroatoms. The molecule has 3 aromatic rings. The van der Waals surface area contributed by atoms with Gasteiger partial charge in [0.2, 0.25) is 0 Å². The largest absolute Gasteiger partial charge is 0.496 e. The molecular weight excluding hydrogens is 296 g/mol. The zero-order chi connectivity index (χ0) is 16.4. The average molecular weight is 312 g/mol. The van der Waals surface area contributed by atoms with Gasteiger partial charge in [0.1, 0.15) is 24.1 Å². The van der Waals surface area contributed by atoms with Crippen LogP contribution in [0.3, 0.4) is 0 Å². The van der Waals surface area contributed by atoms with E-state index in [4.69, 9.17) is 4.74 Å². The standard InChI is InChI=1S/C15H16N6O2/c1-10-13(14(19-20(10)2)21-8-16-17-9-21)18-15(22)11-6-4-5-7-12(11)23-3/h4-9H,1-3H3,(H,18,22). The van der Waals surface area contributed by atoms with E-state index in [2.05, 4.69) is 20.6 Å². The van der Waals surface area contributed by atoms with Crippen LogP contribution in [0.4, 0.5) is 5.69 Å². The van der Waals surface area contributed by atoms with Crippen LogP contribution in [0, 0.1) is 6.92 Å². The van der Waals surface area contributed by atoms with E-state index in [1.54, 1.807) is 27.4 Å². The number of hydrogen-bond acceptors (Lipinski definition) is 5. The van der Waals surface area contributed by atoms with E-state index in [1.807, 2.05) is 20.0 Å². The second-order valence-electron chi connectivity index (χ2n) is 4.93. The van der Waals surface area contributed by atoms with Gasteiger partial charge in [-0.1, -0.05) is 12.1 Å². The Morgan fingerprint density at radius 3 is 2.61 bits per heavy atom. The molecule has 0 unspecified atom stereocenters. The van der Waals surface area contributed by atoms with Crippen molar-refractivity contribution in [3.63, 3.8) is 0 Å². The second kappa shape index (κ2) is 5.91. The van der Waals surface area contributed by atoms with Gasteiger partial charge < -0.3 is 10.1 Å². The Balaban J connectivity index is 1.99. The van der Waals surface area contributed by atoms with Gasteiger partial charge in [0.15, 0.2) is 5.82 Å². The molecule has 2 heterocycles. The fraction of sp³-hybridized carbons (Fsp3) is 0.200. The molecule has 0 saturated heterocycles. The van der Waals surface area contributed by atoms with Crippen LogP contribution in [-0.2, 0) is 7.05 Å². The normalized spacial score (nSPS) is 10.6. The third-order valence-corrected chi connectivity index (χ3v) is 3.57. The number of nitrogens with zero attached hydrogens (tertiary/aromatic N) is 5. The number of carbonyl (C=O) groups excluding carboxylic acids is 1. The van der Waals surface area contributed by atoms with Crippen molar-refractivity contribution in [3.8, 4) is 11.6 Å². The summed E-state index contributed by atoms with van der Waals surface area (Å²) in [4.78, 5) is 12.6. The van der Waals surface area contributed by atoms with Crippen molar-refractivity contribution >= 4 is 11.6 Å². The average Bonchev–Trinajstić information content (AvgIpc) is 3.18. The maximum atomic E-state index is 12.6. The van der Waals surface area contributed by atoms with Crippen LogP contribution >= 0.6 is 0 Å². The highest BCUT2D eigenvalue weighted by Gasteiger charge is 2.19. The monoisotopic (exact) mass is 312 g/mol. The smallest absolute Gasteiger partial charge is 0.259 e. The number of ether oxygens (including phenoxy) is 1. The van der Waals surface area contributed by atoms with Crippen LogP contribution in [0.5, 0.6) is 5.75 Å². The molecule has 0 saturated carbocycles. The Morgan fingerprint density at radius 1 is 1.22 bits per heavy atom. The van der Waals surface area contributed by atoms with Crippen LogP contribution in [0.2, 0.25) is 0 Å². The van der Waals surface area contributed by atoms with Crippen LogP contribution < -0.4 is 10.1 Å². The Kier molecular flexibility index (Phi) is 3.80. The lowest BCUT2D eigenvalue weighted by Crippen LogP contribution is -2.15. The molecule has 0 radical (unpaired) electrons. The lowest BCUT2D eigenvalue weighted by molar-refractivity contribution is 0.102. The number of rotatable bonds is 4. The summed E-state index contributed by atoms with van der Waals surface area (Å²) in [7, 11) is 3.34. The molecule has 0 atom stereocenters. The predicted molar refractivity (Wildman–Crippen MR) is 83.8 cm³/mol. The number of amides is 1. The first-order chi connectivity index (χ1) is 11.1. The predicted octanol–water partition coefficient (Wildman–Crippen LogP) is 1.57. The number of benzene rings is 1. The molecule has 2 aromatic heterocycles. The Bertz CT molecular complexity index is 838. The Labute approximate surface area is 132 Å². The molecule has 118 valence electrons. The van der Waals surface area contributed by atoms with E-state index >= 15 is 0 Å². The van der Waals surface area contributed by atoms with Gasteiger partial charge in [-0.05, 0) is 19.1 Å². The summed E-state index contributed by atoms with van der Waals surface area (Å²) in [6, 6.07) is 7.05. The maximum Gasteiger partial charge on any atom is 0.259 e. The van der Waals surface area contributed by atoms with E-state index < -0.39 is 0 Å². The minimum atomic E-state index is -0.270. The molecule has 0 fully saturated rings. The van der Waals surface area contributed by atoms with Gasteiger partial charge in [0.25, 0.3) is 5.91 Å². The molecule has 1 N–H and O–H groups in total. The third kappa shape index (κ3) is 2.66. The van der Waals surface area contributed by atoms with E-state index in [0.717, 1.165) is 5.69 Å². The lowest BCUT2D eigenvalue weighted by Gasteiger charge is -2.10. The number of nitrogens with one attached hydrogen (secondary N) is 1. The summed E-state index contributed by atoms with van der Waals surface area (Å²) in [5.74, 6) is 0.795. The second-order valence-corrected chi connectivity index (χ2v) is 4.93. The zero-order valence-electron chi connectivity index (χ0n) is 13.0. The molecule has 0 bridgehead atoms. The van der Waals surface area contributed by atoms with E-state index in [1.165, 1.54) is 19.8 Å². The summed E-state index contributed by atoms with van der Waals surface area (Å²) in [6.45, 7) is 1.87. The van der Waals surface area contributed by atoms with Crippen molar-refractivity contribution in [2.24, 2.45) is 7.05 Å². The SMILES string of the molecule is COc1ccccc1C(=O)Nc1c(-n2cnnc2)nn(C)c1C. The number of anilines is 1. The van der Waals surface area contributed by atoms with Crippen LogP contribution in [0.25, 0.3) is 5.82 Å². The van der Waals surface area contributed by atoms with Gasteiger partial charge in [-0.25, -0.2) is 0 Å². The maximum absolute atomic E-state index is 12.6. The lowest BCUT2D eigenvalue weighted by atomic mass is 10.2. The first-order valence-corrected chi connectivity index (χ1v) is 6.94. The minimum absolute atomic E-state index is 0.270. The van der Waals surface area contributed by atoms with Gasteiger partial charge in [-0.3, -0.25) is 14.0 Å². The highest BCUT2D eigenvalue weighted by Crippen LogP contribution is 2.25. The van der Waals surface area contributed by atoms with Crippen molar-refractivity contribution in [1.29, 1.82) is 0 Å². The summed E-state index contributed by atoms with van der Waals surface area (Å²) in [6.07, 6.45) is 3.06.